The molecular weight excluding hydrogens is 1080 g/mol. The summed E-state index contributed by atoms with van der Waals surface area (Å²) in [4.78, 5) is 168. The number of nitrogens with one attached hydrogen (secondary N) is 3. The summed E-state index contributed by atoms with van der Waals surface area (Å²) in [6.07, 6.45) is -0.194. The number of piperidine rings is 1. The first-order valence-electron chi connectivity index (χ1n) is 29.6. The molecule has 0 saturated carbocycles. The Hall–Kier alpha value is -6.81. The molecule has 1 aromatic rings. The van der Waals surface area contributed by atoms with Gasteiger partial charge in [-0.25, -0.2) is 4.79 Å². The van der Waals surface area contributed by atoms with E-state index < -0.39 is 168 Å². The third-order valence-corrected chi connectivity index (χ3v) is 16.2. The smallest absolute Gasteiger partial charge is 0.329 e. The molecule has 2 saturated heterocycles. The molecule has 0 unspecified atom stereocenters. The van der Waals surface area contributed by atoms with Crippen LogP contribution in [0.4, 0.5) is 0 Å². The number of rotatable bonds is 12. The van der Waals surface area contributed by atoms with Crippen molar-refractivity contribution in [2.75, 3.05) is 55.4 Å². The molecule has 0 spiro atoms. The minimum atomic E-state index is -1.59. The largest absolute Gasteiger partial charge is 0.497 e. The molecule has 3 rings (SSSR count). The van der Waals surface area contributed by atoms with Crippen LogP contribution in [-0.2, 0) is 68.6 Å². The first-order valence-corrected chi connectivity index (χ1v) is 29.6. The third-order valence-electron chi connectivity index (χ3n) is 16.2. The number of benzene rings is 1. The second-order valence-corrected chi connectivity index (χ2v) is 24.8. The Balaban J connectivity index is 2.31. The quantitative estimate of drug-likeness (QED) is 0.253. The molecule has 1 aromatic carbocycles. The molecule has 0 bridgehead atoms. The van der Waals surface area contributed by atoms with E-state index in [1.807, 2.05) is 13.8 Å². The van der Waals surface area contributed by atoms with Gasteiger partial charge in [-0.2, -0.15) is 0 Å². The topological polar surface area (TPSA) is 271 Å². The first kappa shape index (κ1) is 71.5. The van der Waals surface area contributed by atoms with Crippen molar-refractivity contribution in [1.29, 1.82) is 0 Å². The van der Waals surface area contributed by atoms with Gasteiger partial charge in [-0.05, 0) is 94.2 Å². The Bertz CT molecular complexity index is 2500. The standard InChI is InChI=1S/C61H99N9O14/c1-21-37(9)50-52(73)62-33-45(71)66(16)48(35(5)6)53(74)63-42(31-40-26-28-41(82-20)29-27-40)60(81)83-39(11)55(76)70-30-24-23-25-43(70)56(77)67(17)49(36(7)8)54(75)64-47(34(3)4)58(79)65(15)44(32-46(72)84-61(12,13)14)57(78)69(19)51(38(10)22-2)59(80)68(50)18/h26-29,34-39,42-44,47-51H,21-25,30-33H2,1-20H3,(H,62,73)(H,63,74)(H,64,75)/t37-,38+,39-,42+,43+,44-,47+,48+,49+,50+,51+/m1/s1. The number of cyclic esters (lactones) is 1. The highest BCUT2D eigenvalue weighted by molar-refractivity contribution is 5.99. The molecule has 0 aromatic heterocycles. The number of hydrogen-bond donors (Lipinski definition) is 3. The molecule has 2 aliphatic heterocycles. The zero-order chi connectivity index (χ0) is 64.0. The highest BCUT2D eigenvalue weighted by atomic mass is 16.6. The molecule has 9 amide bonds. The number of esters is 2. The maximum atomic E-state index is 15.2. The van der Waals surface area contributed by atoms with E-state index in [4.69, 9.17) is 14.2 Å². The number of methoxy groups -OCH3 is 1. The molecule has 3 N–H and O–H groups in total. The van der Waals surface area contributed by atoms with E-state index in [0.29, 0.717) is 37.0 Å². The molecule has 2 aliphatic rings. The van der Waals surface area contributed by atoms with E-state index in [9.17, 15) is 43.2 Å². The number of hydrogen-bond acceptors (Lipinski definition) is 14. The zero-order valence-corrected chi connectivity index (χ0v) is 53.7. The zero-order valence-electron chi connectivity index (χ0n) is 53.7. The maximum Gasteiger partial charge on any atom is 0.329 e. The summed E-state index contributed by atoms with van der Waals surface area (Å²) in [7, 11) is 8.45. The lowest BCUT2D eigenvalue weighted by Crippen LogP contribution is -2.63. The van der Waals surface area contributed by atoms with Crippen molar-refractivity contribution >= 4 is 65.1 Å². The van der Waals surface area contributed by atoms with Crippen LogP contribution in [0, 0.1) is 29.6 Å². The van der Waals surface area contributed by atoms with Crippen LogP contribution in [0.15, 0.2) is 24.3 Å². The van der Waals surface area contributed by atoms with Gasteiger partial charge in [0.2, 0.25) is 47.3 Å². The van der Waals surface area contributed by atoms with Gasteiger partial charge in [0, 0.05) is 48.2 Å². The fourth-order valence-electron chi connectivity index (χ4n) is 11.0. The molecule has 2 fully saturated rings. The summed E-state index contributed by atoms with van der Waals surface area (Å²) in [6, 6.07) is -3.55. The molecule has 0 radical (unpaired) electrons. The van der Waals surface area contributed by atoms with E-state index in [0.717, 1.165) is 9.80 Å². The van der Waals surface area contributed by atoms with Crippen LogP contribution in [-0.4, -0.2) is 210 Å². The van der Waals surface area contributed by atoms with Gasteiger partial charge in [0.1, 0.15) is 59.7 Å². The molecule has 23 heteroatoms. The average Bonchev–Trinajstić information content (AvgIpc) is 3.43. The summed E-state index contributed by atoms with van der Waals surface area (Å²) in [5, 5.41) is 8.30. The minimum absolute atomic E-state index is 0.112. The van der Waals surface area contributed by atoms with Gasteiger partial charge in [0.05, 0.1) is 20.1 Å². The van der Waals surface area contributed by atoms with E-state index in [1.54, 1.807) is 100 Å². The minimum Gasteiger partial charge on any atom is -0.497 e. The molecule has 11 atom stereocenters. The van der Waals surface area contributed by atoms with Crippen LogP contribution in [0.5, 0.6) is 5.75 Å². The van der Waals surface area contributed by atoms with E-state index in [-0.39, 0.29) is 19.4 Å². The van der Waals surface area contributed by atoms with Crippen molar-refractivity contribution in [1.82, 2.24) is 45.3 Å². The van der Waals surface area contributed by atoms with Gasteiger partial charge in [-0.3, -0.25) is 47.9 Å². The molecule has 472 valence electrons. The summed E-state index contributed by atoms with van der Waals surface area (Å²) in [5.74, 6) is -10.4. The summed E-state index contributed by atoms with van der Waals surface area (Å²) in [6.45, 7) is 23.2. The van der Waals surface area contributed by atoms with E-state index in [1.165, 1.54) is 68.9 Å². The lowest BCUT2D eigenvalue weighted by molar-refractivity contribution is -0.165. The second kappa shape index (κ2) is 31.4. The molecule has 23 nitrogen and oxygen atoms in total. The van der Waals surface area contributed by atoms with Crippen molar-refractivity contribution in [2.24, 2.45) is 29.6 Å². The third kappa shape index (κ3) is 18.3. The van der Waals surface area contributed by atoms with E-state index in [2.05, 4.69) is 16.0 Å². The van der Waals surface area contributed by atoms with Crippen molar-refractivity contribution in [3.63, 3.8) is 0 Å². The number of nitrogens with zero attached hydrogens (tertiary/aromatic N) is 6. The van der Waals surface area contributed by atoms with Crippen LogP contribution in [0.3, 0.4) is 0 Å². The Labute approximate surface area is 498 Å². The van der Waals surface area contributed by atoms with Gasteiger partial charge in [-0.1, -0.05) is 94.2 Å². The maximum absolute atomic E-state index is 15.2. The first-order chi connectivity index (χ1) is 39.1. The van der Waals surface area contributed by atoms with Crippen LogP contribution in [0.2, 0.25) is 0 Å². The van der Waals surface area contributed by atoms with Gasteiger partial charge in [0.15, 0.2) is 6.10 Å². The van der Waals surface area contributed by atoms with Gasteiger partial charge >= 0.3 is 11.9 Å². The second-order valence-electron chi connectivity index (χ2n) is 24.8. The molecular formula is C61H99N9O14. The number of amides is 9. The number of carbonyl (C=O) groups excluding carboxylic acids is 11. The average molecular weight is 1180 g/mol. The van der Waals surface area contributed by atoms with Crippen LogP contribution in [0.1, 0.15) is 141 Å². The number of likely N-dealkylation sites (N-methyl/N-ethyl adjacent to an activating group) is 5. The Kier molecular flexibility index (Phi) is 26.7. The number of carbonyl (C=O) groups is 11. The Morgan fingerprint density at radius 1 is 0.631 bits per heavy atom. The monoisotopic (exact) mass is 1180 g/mol. The predicted octanol–water partition coefficient (Wildman–Crippen LogP) is 3.58. The normalized spacial score (nSPS) is 26.2. The van der Waals surface area contributed by atoms with Gasteiger partial charge < -0.3 is 59.6 Å². The van der Waals surface area contributed by atoms with Crippen molar-refractivity contribution in [3.05, 3.63) is 29.8 Å². The summed E-state index contributed by atoms with van der Waals surface area (Å²) >= 11 is 0. The van der Waals surface area contributed by atoms with Crippen LogP contribution >= 0.6 is 0 Å². The highest BCUT2D eigenvalue weighted by Gasteiger charge is 2.46. The molecule has 84 heavy (non-hydrogen) atoms. The Morgan fingerprint density at radius 2 is 1.15 bits per heavy atom. The van der Waals surface area contributed by atoms with Gasteiger partial charge in [-0.15, -0.1) is 0 Å². The fraction of sp³-hybridized carbons (Fsp3) is 0.721. The lowest BCUT2D eigenvalue weighted by Gasteiger charge is -2.41. The summed E-state index contributed by atoms with van der Waals surface area (Å²) < 4.78 is 16.9. The lowest BCUT2D eigenvalue weighted by atomic mass is 9.92. The fourth-order valence-corrected chi connectivity index (χ4v) is 11.0. The Morgan fingerprint density at radius 3 is 1.68 bits per heavy atom. The van der Waals surface area contributed by atoms with Gasteiger partial charge in [0.25, 0.3) is 5.91 Å². The van der Waals surface area contributed by atoms with E-state index >= 15 is 9.59 Å². The number of ether oxygens (including phenoxy) is 3. The summed E-state index contributed by atoms with van der Waals surface area (Å²) in [5.41, 5.74) is -0.414. The molecule has 0 aliphatic carbocycles. The van der Waals surface area contributed by atoms with Crippen molar-refractivity contribution < 1.29 is 67.0 Å². The highest BCUT2D eigenvalue weighted by Crippen LogP contribution is 2.27. The van der Waals surface area contributed by atoms with Crippen LogP contribution in [0.25, 0.3) is 0 Å². The molecule has 2 heterocycles. The SMILES string of the molecule is CC[C@@H](C)[C@H]1C(=O)NCC(=O)N(C)[C@@H](C(C)C)C(=O)N[C@@H](Cc2ccc(OC)cc2)C(=O)O[C@H](C)C(=O)N2CCCC[C@H]2C(=O)N(C)[C@@H](C(C)C)C(=O)N[C@@H](C(C)C)C(=O)N(C)[C@H](CC(=O)OC(C)(C)C)C(=O)N(C)[C@@H]([C@@H](C)CC)C(=O)N1C. The van der Waals surface area contributed by atoms with Crippen molar-refractivity contribution in [3.8, 4) is 5.75 Å². The predicted molar refractivity (Wildman–Crippen MR) is 315 cm³/mol. The number of fused-ring (bicyclic) bond motifs is 1. The van der Waals surface area contributed by atoms with Crippen LogP contribution < -0.4 is 20.7 Å². The van der Waals surface area contributed by atoms with Crippen molar-refractivity contribution in [2.45, 2.75) is 202 Å².